The molecular formula is C13H10BrNO5. The van der Waals surface area contributed by atoms with E-state index in [1.165, 1.54) is 14.2 Å². The number of nitrogens with zero attached hydrogens (tertiary/aromatic N) is 1. The molecule has 0 bridgehead atoms. The summed E-state index contributed by atoms with van der Waals surface area (Å²) in [6.45, 7) is 0. The number of rotatable bonds is 3. The van der Waals surface area contributed by atoms with E-state index in [1.54, 1.807) is 18.2 Å². The fourth-order valence-corrected chi connectivity index (χ4v) is 1.99. The van der Waals surface area contributed by atoms with Crippen molar-refractivity contribution in [1.29, 1.82) is 0 Å². The number of aromatic nitrogens is 1. The Morgan fingerprint density at radius 3 is 2.40 bits per heavy atom. The molecule has 0 aliphatic carbocycles. The maximum atomic E-state index is 11.6. The van der Waals surface area contributed by atoms with Crippen LogP contribution in [-0.2, 0) is 9.47 Å². The van der Waals surface area contributed by atoms with Crippen molar-refractivity contribution in [3.63, 3.8) is 0 Å². The van der Waals surface area contributed by atoms with E-state index in [0.29, 0.717) is 10.0 Å². The summed E-state index contributed by atoms with van der Waals surface area (Å²) in [5.41, 5.74) is 0.387. The molecule has 1 aromatic heterocycles. The number of carbonyl (C=O) groups is 2. The molecule has 0 radical (unpaired) electrons. The molecule has 0 N–H and O–H groups in total. The van der Waals surface area contributed by atoms with Crippen LogP contribution in [0.3, 0.4) is 0 Å². The standard InChI is InChI=1S/C13H10BrNO5/c1-18-12(16)9-10(13(17)19-2)20-11(15-9)7-5-3-4-6-8(7)14/h3-6H,1-2H3. The third-order valence-corrected chi connectivity index (χ3v) is 3.17. The normalized spacial score (nSPS) is 10.2. The number of ether oxygens (including phenoxy) is 2. The highest BCUT2D eigenvalue weighted by atomic mass is 79.9. The Kier molecular flexibility index (Phi) is 4.19. The van der Waals surface area contributed by atoms with Gasteiger partial charge in [-0.05, 0) is 28.1 Å². The molecule has 104 valence electrons. The highest BCUT2D eigenvalue weighted by Crippen LogP contribution is 2.29. The van der Waals surface area contributed by atoms with Crippen molar-refractivity contribution in [3.05, 3.63) is 40.2 Å². The molecule has 7 heteroatoms. The first-order valence-electron chi connectivity index (χ1n) is 5.50. The Hall–Kier alpha value is -2.15. The topological polar surface area (TPSA) is 78.6 Å². The molecule has 0 spiro atoms. The Balaban J connectivity index is 2.57. The predicted molar refractivity (Wildman–Crippen MR) is 72.3 cm³/mol. The van der Waals surface area contributed by atoms with Gasteiger partial charge in [-0.25, -0.2) is 14.6 Å². The third-order valence-electron chi connectivity index (χ3n) is 2.48. The minimum absolute atomic E-state index is 0.123. The molecule has 0 saturated heterocycles. The molecule has 2 aromatic rings. The van der Waals surface area contributed by atoms with Crippen LogP contribution < -0.4 is 0 Å². The second-order valence-corrected chi connectivity index (χ2v) is 4.51. The number of esters is 2. The van der Waals surface area contributed by atoms with Gasteiger partial charge in [-0.3, -0.25) is 0 Å². The SMILES string of the molecule is COC(=O)c1nc(-c2ccccc2Br)oc1C(=O)OC. The predicted octanol–water partition coefficient (Wildman–Crippen LogP) is 2.68. The Morgan fingerprint density at radius 1 is 1.15 bits per heavy atom. The van der Waals surface area contributed by atoms with E-state index in [2.05, 4.69) is 30.4 Å². The lowest BCUT2D eigenvalue weighted by atomic mass is 10.2. The molecule has 0 atom stereocenters. The van der Waals surface area contributed by atoms with Crippen molar-refractivity contribution >= 4 is 27.9 Å². The van der Waals surface area contributed by atoms with Crippen LogP contribution in [0, 0.1) is 0 Å². The van der Waals surface area contributed by atoms with Crippen LogP contribution in [0.4, 0.5) is 0 Å². The van der Waals surface area contributed by atoms with Crippen LogP contribution in [0.2, 0.25) is 0 Å². The Labute approximate surface area is 122 Å². The number of hydrogen-bond donors (Lipinski definition) is 0. The van der Waals surface area contributed by atoms with E-state index in [9.17, 15) is 9.59 Å². The summed E-state index contributed by atoms with van der Waals surface area (Å²) in [5.74, 6) is -1.73. The zero-order valence-electron chi connectivity index (χ0n) is 10.7. The second kappa shape index (κ2) is 5.87. The fourth-order valence-electron chi connectivity index (χ4n) is 1.54. The average molecular weight is 340 g/mol. The molecule has 0 unspecified atom stereocenters. The molecule has 2 rings (SSSR count). The van der Waals surface area contributed by atoms with Crippen LogP contribution >= 0.6 is 15.9 Å². The van der Waals surface area contributed by atoms with Crippen molar-refractivity contribution < 1.29 is 23.5 Å². The van der Waals surface area contributed by atoms with Crippen molar-refractivity contribution in [1.82, 2.24) is 4.98 Å². The molecule has 1 aromatic carbocycles. The van der Waals surface area contributed by atoms with Gasteiger partial charge in [0.05, 0.1) is 19.8 Å². The summed E-state index contributed by atoms with van der Waals surface area (Å²) < 4.78 is 15.2. The monoisotopic (exact) mass is 339 g/mol. The van der Waals surface area contributed by atoms with E-state index < -0.39 is 11.9 Å². The van der Waals surface area contributed by atoms with Gasteiger partial charge in [0.1, 0.15) is 0 Å². The van der Waals surface area contributed by atoms with Crippen LogP contribution in [0.15, 0.2) is 33.2 Å². The minimum atomic E-state index is -0.795. The molecular weight excluding hydrogens is 330 g/mol. The van der Waals surface area contributed by atoms with Crippen LogP contribution in [0.25, 0.3) is 11.5 Å². The quantitative estimate of drug-likeness (QED) is 0.800. The highest BCUT2D eigenvalue weighted by molar-refractivity contribution is 9.10. The van der Waals surface area contributed by atoms with E-state index in [1.807, 2.05) is 6.07 Å². The van der Waals surface area contributed by atoms with Gasteiger partial charge in [0.15, 0.2) is 0 Å². The Bertz CT molecular complexity index is 631. The molecule has 0 amide bonds. The van der Waals surface area contributed by atoms with Gasteiger partial charge in [0.2, 0.25) is 17.3 Å². The number of methoxy groups -OCH3 is 2. The molecule has 0 fully saturated rings. The van der Waals surface area contributed by atoms with Crippen molar-refractivity contribution in [2.75, 3.05) is 14.2 Å². The van der Waals surface area contributed by atoms with Gasteiger partial charge in [-0.15, -0.1) is 0 Å². The number of halogens is 1. The lowest BCUT2D eigenvalue weighted by Crippen LogP contribution is -2.10. The summed E-state index contributed by atoms with van der Waals surface area (Å²) in [6.07, 6.45) is 0. The summed E-state index contributed by atoms with van der Waals surface area (Å²) in [5, 5.41) is 0. The maximum absolute atomic E-state index is 11.6. The first kappa shape index (κ1) is 14.3. The van der Waals surface area contributed by atoms with Crippen molar-refractivity contribution in [2.45, 2.75) is 0 Å². The van der Waals surface area contributed by atoms with Gasteiger partial charge >= 0.3 is 11.9 Å². The lowest BCUT2D eigenvalue weighted by molar-refractivity contribution is 0.0527. The van der Waals surface area contributed by atoms with E-state index in [0.717, 1.165) is 0 Å². The lowest BCUT2D eigenvalue weighted by Gasteiger charge is -1.98. The molecule has 0 saturated carbocycles. The second-order valence-electron chi connectivity index (χ2n) is 3.66. The zero-order chi connectivity index (χ0) is 14.7. The third kappa shape index (κ3) is 2.57. The first-order chi connectivity index (χ1) is 9.58. The summed E-state index contributed by atoms with van der Waals surface area (Å²) >= 11 is 3.34. The van der Waals surface area contributed by atoms with Gasteiger partial charge in [-0.1, -0.05) is 12.1 Å². The average Bonchev–Trinajstić information content (AvgIpc) is 2.91. The van der Waals surface area contributed by atoms with Crippen LogP contribution in [-0.4, -0.2) is 31.1 Å². The zero-order valence-corrected chi connectivity index (χ0v) is 12.3. The number of carbonyl (C=O) groups excluding carboxylic acids is 2. The van der Waals surface area contributed by atoms with E-state index >= 15 is 0 Å². The number of oxazole rings is 1. The van der Waals surface area contributed by atoms with Crippen LogP contribution in [0.5, 0.6) is 0 Å². The first-order valence-corrected chi connectivity index (χ1v) is 6.30. The molecule has 1 heterocycles. The van der Waals surface area contributed by atoms with Gasteiger partial charge in [0.25, 0.3) is 0 Å². The van der Waals surface area contributed by atoms with Gasteiger partial charge in [0, 0.05) is 4.47 Å². The highest BCUT2D eigenvalue weighted by Gasteiger charge is 2.27. The largest absolute Gasteiger partial charge is 0.464 e. The fraction of sp³-hybridized carbons (Fsp3) is 0.154. The summed E-state index contributed by atoms with van der Waals surface area (Å²) in [7, 11) is 2.38. The number of hydrogen-bond acceptors (Lipinski definition) is 6. The van der Waals surface area contributed by atoms with Crippen molar-refractivity contribution in [2.24, 2.45) is 0 Å². The Morgan fingerprint density at radius 2 is 1.80 bits per heavy atom. The number of benzene rings is 1. The molecule has 6 nitrogen and oxygen atoms in total. The summed E-state index contributed by atoms with van der Waals surface area (Å²) in [4.78, 5) is 27.2. The summed E-state index contributed by atoms with van der Waals surface area (Å²) in [6, 6.07) is 7.12. The smallest absolute Gasteiger partial charge is 0.376 e. The van der Waals surface area contributed by atoms with E-state index in [4.69, 9.17) is 4.42 Å². The van der Waals surface area contributed by atoms with Crippen molar-refractivity contribution in [3.8, 4) is 11.5 Å². The minimum Gasteiger partial charge on any atom is -0.464 e. The van der Waals surface area contributed by atoms with Crippen LogP contribution in [0.1, 0.15) is 21.0 Å². The molecule has 0 aliphatic heterocycles. The maximum Gasteiger partial charge on any atom is 0.376 e. The van der Waals surface area contributed by atoms with E-state index in [-0.39, 0.29) is 17.3 Å². The molecule has 20 heavy (non-hydrogen) atoms. The van der Waals surface area contributed by atoms with Gasteiger partial charge in [-0.2, -0.15) is 0 Å². The molecule has 0 aliphatic rings. The van der Waals surface area contributed by atoms with Gasteiger partial charge < -0.3 is 13.9 Å².